The number of hydrogen-bond donors (Lipinski definition) is 0. The van der Waals surface area contributed by atoms with Gasteiger partial charge in [0.25, 0.3) is 0 Å². The van der Waals surface area contributed by atoms with Crippen LogP contribution in [0.1, 0.15) is 20.3 Å². The lowest BCUT2D eigenvalue weighted by atomic mass is 9.96. The first-order valence-corrected chi connectivity index (χ1v) is 7.61. The van der Waals surface area contributed by atoms with Crippen LogP contribution in [-0.4, -0.2) is 25.8 Å². The van der Waals surface area contributed by atoms with Crippen molar-refractivity contribution in [3.63, 3.8) is 0 Å². The molecule has 3 nitrogen and oxygen atoms in total. The molecule has 5 heteroatoms. The topological polar surface area (TPSA) is 37.4 Å². The molecule has 1 aliphatic heterocycles. The highest BCUT2D eigenvalue weighted by molar-refractivity contribution is 7.89. The first-order valence-electron chi connectivity index (χ1n) is 6.17. The summed E-state index contributed by atoms with van der Waals surface area (Å²) in [7, 11) is -3.68. The Hall–Kier alpha value is -0.940. The van der Waals surface area contributed by atoms with Crippen LogP contribution in [0.15, 0.2) is 29.2 Å². The molecule has 1 aromatic carbocycles. The second-order valence-corrected chi connectivity index (χ2v) is 6.99. The number of nitrogens with zero attached hydrogens (tertiary/aromatic N) is 1. The first-order chi connectivity index (χ1) is 8.43. The molecule has 1 heterocycles. The Morgan fingerprint density at radius 2 is 2.00 bits per heavy atom. The van der Waals surface area contributed by atoms with Gasteiger partial charge in [-0.3, -0.25) is 0 Å². The fourth-order valence-electron chi connectivity index (χ4n) is 2.31. The number of hydrogen-bond acceptors (Lipinski definition) is 2. The first kappa shape index (κ1) is 13.5. The van der Waals surface area contributed by atoms with E-state index in [0.717, 1.165) is 6.42 Å². The Labute approximate surface area is 108 Å². The SMILES string of the molecule is CC(C)C1CCN(S(=O)(=O)c2ccccc2F)C1. The molecule has 1 unspecified atom stereocenters. The summed E-state index contributed by atoms with van der Waals surface area (Å²) in [5.74, 6) is 0.142. The highest BCUT2D eigenvalue weighted by Crippen LogP contribution is 2.29. The van der Waals surface area contributed by atoms with Gasteiger partial charge in [-0.25, -0.2) is 12.8 Å². The monoisotopic (exact) mass is 271 g/mol. The van der Waals surface area contributed by atoms with Gasteiger partial charge in [0.2, 0.25) is 10.0 Å². The van der Waals surface area contributed by atoms with Crippen molar-refractivity contribution in [1.29, 1.82) is 0 Å². The summed E-state index contributed by atoms with van der Waals surface area (Å²) in [6.45, 7) is 5.15. The largest absolute Gasteiger partial charge is 0.245 e. The predicted molar refractivity (Wildman–Crippen MR) is 68.1 cm³/mol. The van der Waals surface area contributed by atoms with Crippen LogP contribution in [0.5, 0.6) is 0 Å². The predicted octanol–water partition coefficient (Wildman–Crippen LogP) is 2.49. The van der Waals surface area contributed by atoms with Crippen molar-refractivity contribution < 1.29 is 12.8 Å². The van der Waals surface area contributed by atoms with Gasteiger partial charge in [-0.2, -0.15) is 4.31 Å². The van der Waals surface area contributed by atoms with Gasteiger partial charge < -0.3 is 0 Å². The molecule has 0 bridgehead atoms. The minimum absolute atomic E-state index is 0.214. The van der Waals surface area contributed by atoms with Crippen molar-refractivity contribution in [1.82, 2.24) is 4.31 Å². The standard InChI is InChI=1S/C13H18FNO2S/c1-10(2)11-7-8-15(9-11)18(16,17)13-6-4-3-5-12(13)14/h3-6,10-11H,7-9H2,1-2H3. The van der Waals surface area contributed by atoms with Crippen molar-refractivity contribution in [3.8, 4) is 0 Å². The van der Waals surface area contributed by atoms with E-state index in [0.29, 0.717) is 24.9 Å². The second kappa shape index (κ2) is 4.97. The summed E-state index contributed by atoms with van der Waals surface area (Å²) in [4.78, 5) is -0.214. The molecule has 0 saturated carbocycles. The van der Waals surface area contributed by atoms with Crippen molar-refractivity contribution in [2.75, 3.05) is 13.1 Å². The summed E-state index contributed by atoms with van der Waals surface area (Å²) < 4.78 is 39.6. The Morgan fingerprint density at radius 1 is 1.33 bits per heavy atom. The maximum absolute atomic E-state index is 13.6. The molecule has 0 N–H and O–H groups in total. The second-order valence-electron chi connectivity index (χ2n) is 5.09. The third-order valence-electron chi connectivity index (χ3n) is 3.58. The lowest BCUT2D eigenvalue weighted by molar-refractivity contribution is 0.387. The molecule has 1 atom stereocenters. The molecule has 0 aliphatic carbocycles. The molecule has 1 aliphatic rings. The average Bonchev–Trinajstić information content (AvgIpc) is 2.79. The Kier molecular flexibility index (Phi) is 3.73. The summed E-state index contributed by atoms with van der Waals surface area (Å²) >= 11 is 0. The normalized spacial score (nSPS) is 21.7. The van der Waals surface area contributed by atoms with E-state index in [9.17, 15) is 12.8 Å². The fourth-order valence-corrected chi connectivity index (χ4v) is 3.89. The van der Waals surface area contributed by atoms with Crippen LogP contribution < -0.4 is 0 Å². The van der Waals surface area contributed by atoms with Crippen LogP contribution in [0.25, 0.3) is 0 Å². The summed E-state index contributed by atoms with van der Waals surface area (Å²) in [5.41, 5.74) is 0. The lowest BCUT2D eigenvalue weighted by Crippen LogP contribution is -2.30. The molecule has 0 aromatic heterocycles. The van der Waals surface area contributed by atoms with Crippen LogP contribution in [0, 0.1) is 17.7 Å². The van der Waals surface area contributed by atoms with Gasteiger partial charge >= 0.3 is 0 Å². The molecule has 0 amide bonds. The summed E-state index contributed by atoms with van der Waals surface area (Å²) in [5, 5.41) is 0. The van der Waals surface area contributed by atoms with Crippen LogP contribution in [0.3, 0.4) is 0 Å². The Balaban J connectivity index is 2.26. The minimum Gasteiger partial charge on any atom is -0.207 e. The Bertz CT molecular complexity index is 528. The van der Waals surface area contributed by atoms with E-state index in [1.54, 1.807) is 6.07 Å². The molecule has 1 aromatic rings. The average molecular weight is 271 g/mol. The van der Waals surface area contributed by atoms with Gasteiger partial charge in [0.05, 0.1) is 0 Å². The van der Waals surface area contributed by atoms with Gasteiger partial charge in [-0.1, -0.05) is 26.0 Å². The van der Waals surface area contributed by atoms with E-state index in [1.807, 2.05) is 0 Å². The van der Waals surface area contributed by atoms with Crippen LogP contribution in [0.2, 0.25) is 0 Å². The Morgan fingerprint density at radius 3 is 2.56 bits per heavy atom. The maximum atomic E-state index is 13.6. The minimum atomic E-state index is -3.68. The van der Waals surface area contributed by atoms with Gasteiger partial charge in [-0.15, -0.1) is 0 Å². The maximum Gasteiger partial charge on any atom is 0.245 e. The highest BCUT2D eigenvalue weighted by atomic mass is 32.2. The third-order valence-corrected chi connectivity index (χ3v) is 5.48. The third kappa shape index (κ3) is 2.42. The smallest absolute Gasteiger partial charge is 0.207 e. The molecule has 0 radical (unpaired) electrons. The van der Waals surface area contributed by atoms with Gasteiger partial charge in [0.15, 0.2) is 0 Å². The molecule has 18 heavy (non-hydrogen) atoms. The quantitative estimate of drug-likeness (QED) is 0.847. The van der Waals surface area contributed by atoms with Crippen LogP contribution in [0.4, 0.5) is 4.39 Å². The van der Waals surface area contributed by atoms with Crippen LogP contribution >= 0.6 is 0 Å². The van der Waals surface area contributed by atoms with E-state index >= 15 is 0 Å². The van der Waals surface area contributed by atoms with E-state index in [-0.39, 0.29) is 4.90 Å². The van der Waals surface area contributed by atoms with E-state index in [2.05, 4.69) is 13.8 Å². The molecule has 100 valence electrons. The molecule has 0 spiro atoms. The molecular weight excluding hydrogens is 253 g/mol. The summed E-state index contributed by atoms with van der Waals surface area (Å²) in [6, 6.07) is 5.55. The summed E-state index contributed by atoms with van der Waals surface area (Å²) in [6.07, 6.45) is 0.853. The van der Waals surface area contributed by atoms with Gasteiger partial charge in [0.1, 0.15) is 10.7 Å². The molecular formula is C13H18FNO2S. The van der Waals surface area contributed by atoms with Gasteiger partial charge in [0, 0.05) is 13.1 Å². The van der Waals surface area contributed by atoms with Crippen molar-refractivity contribution in [2.45, 2.75) is 25.2 Å². The highest BCUT2D eigenvalue weighted by Gasteiger charge is 2.34. The van der Waals surface area contributed by atoms with Gasteiger partial charge in [-0.05, 0) is 30.4 Å². The zero-order chi connectivity index (χ0) is 13.3. The fraction of sp³-hybridized carbons (Fsp3) is 0.538. The van der Waals surface area contributed by atoms with Crippen molar-refractivity contribution >= 4 is 10.0 Å². The van der Waals surface area contributed by atoms with Crippen molar-refractivity contribution in [3.05, 3.63) is 30.1 Å². The van der Waals surface area contributed by atoms with Crippen molar-refractivity contribution in [2.24, 2.45) is 11.8 Å². The zero-order valence-corrected chi connectivity index (χ0v) is 11.5. The molecule has 1 saturated heterocycles. The number of benzene rings is 1. The van der Waals surface area contributed by atoms with E-state index in [1.165, 1.54) is 22.5 Å². The lowest BCUT2D eigenvalue weighted by Gasteiger charge is -2.18. The van der Waals surface area contributed by atoms with E-state index in [4.69, 9.17) is 0 Å². The number of halogens is 1. The van der Waals surface area contributed by atoms with Crippen LogP contribution in [-0.2, 0) is 10.0 Å². The zero-order valence-electron chi connectivity index (χ0n) is 10.6. The number of sulfonamides is 1. The molecule has 1 fully saturated rings. The molecule has 2 rings (SSSR count). The number of rotatable bonds is 3. The van der Waals surface area contributed by atoms with E-state index < -0.39 is 15.8 Å².